The Morgan fingerprint density at radius 3 is 2.69 bits per heavy atom. The van der Waals surface area contributed by atoms with E-state index in [4.69, 9.17) is 5.73 Å². The minimum absolute atomic E-state index is 0.156. The highest BCUT2D eigenvalue weighted by Gasteiger charge is 2.23. The lowest BCUT2D eigenvalue weighted by atomic mass is 10.1. The molecule has 16 heavy (non-hydrogen) atoms. The van der Waals surface area contributed by atoms with E-state index in [1.807, 2.05) is 0 Å². The van der Waals surface area contributed by atoms with Crippen LogP contribution in [0, 0.1) is 5.92 Å². The quantitative estimate of drug-likeness (QED) is 0.612. The smallest absolute Gasteiger partial charge is 0.421 e. The minimum Gasteiger partial charge on any atom is -0.452 e. The van der Waals surface area contributed by atoms with Gasteiger partial charge in [0.05, 0.1) is 7.11 Å². The summed E-state index contributed by atoms with van der Waals surface area (Å²) in [5, 5.41) is 0. The van der Waals surface area contributed by atoms with E-state index in [0.717, 1.165) is 26.4 Å². The van der Waals surface area contributed by atoms with Gasteiger partial charge in [-0.25, -0.2) is 9.52 Å². The van der Waals surface area contributed by atoms with E-state index in [0.29, 0.717) is 6.54 Å². The van der Waals surface area contributed by atoms with Gasteiger partial charge in [0.2, 0.25) is 0 Å². The van der Waals surface area contributed by atoms with Gasteiger partial charge < -0.3 is 10.5 Å². The standard InChI is InChI=1S/C8H17N3O4S/c1-15-8(12)11-16(13,14)10-5-6-2-3-7(9)4-6/h6-7,10H,2-5,9H2,1H3,(H,11,12). The van der Waals surface area contributed by atoms with Crippen molar-refractivity contribution in [2.75, 3.05) is 13.7 Å². The number of ether oxygens (including phenoxy) is 1. The molecule has 94 valence electrons. The van der Waals surface area contributed by atoms with Gasteiger partial charge >= 0.3 is 16.3 Å². The van der Waals surface area contributed by atoms with Gasteiger partial charge in [-0.15, -0.1) is 0 Å². The Hall–Kier alpha value is -0.860. The van der Waals surface area contributed by atoms with Crippen molar-refractivity contribution in [2.24, 2.45) is 11.7 Å². The molecular weight excluding hydrogens is 234 g/mol. The first kappa shape index (κ1) is 13.2. The number of methoxy groups -OCH3 is 1. The fourth-order valence-electron chi connectivity index (χ4n) is 1.71. The van der Waals surface area contributed by atoms with E-state index in [1.54, 1.807) is 4.72 Å². The van der Waals surface area contributed by atoms with Crippen LogP contribution in [0.25, 0.3) is 0 Å². The third-order valence-electron chi connectivity index (χ3n) is 2.55. The van der Waals surface area contributed by atoms with Crippen molar-refractivity contribution in [3.8, 4) is 0 Å². The van der Waals surface area contributed by atoms with Crippen molar-refractivity contribution in [3.05, 3.63) is 0 Å². The molecule has 1 fully saturated rings. The summed E-state index contributed by atoms with van der Waals surface area (Å²) in [4.78, 5) is 10.7. The maximum Gasteiger partial charge on any atom is 0.421 e. The van der Waals surface area contributed by atoms with Crippen LogP contribution >= 0.6 is 0 Å². The summed E-state index contributed by atoms with van der Waals surface area (Å²) in [6, 6.07) is 0.156. The van der Waals surface area contributed by atoms with Crippen LogP contribution in [0.15, 0.2) is 0 Å². The monoisotopic (exact) mass is 251 g/mol. The summed E-state index contributed by atoms with van der Waals surface area (Å²) in [6.45, 7) is 0.292. The molecule has 0 bridgehead atoms. The summed E-state index contributed by atoms with van der Waals surface area (Å²) in [5.74, 6) is 0.240. The van der Waals surface area contributed by atoms with E-state index in [1.165, 1.54) is 0 Å². The molecular formula is C8H17N3O4S. The van der Waals surface area contributed by atoms with E-state index >= 15 is 0 Å². The van der Waals surface area contributed by atoms with Gasteiger partial charge in [-0.1, -0.05) is 0 Å². The maximum absolute atomic E-state index is 11.3. The Bertz CT molecular complexity index is 343. The third kappa shape index (κ3) is 4.33. The number of amides is 1. The maximum atomic E-state index is 11.3. The molecule has 0 spiro atoms. The van der Waals surface area contributed by atoms with Gasteiger partial charge in [0.15, 0.2) is 0 Å². The zero-order valence-electron chi connectivity index (χ0n) is 9.10. The molecule has 1 saturated carbocycles. The van der Waals surface area contributed by atoms with E-state index < -0.39 is 16.3 Å². The lowest BCUT2D eigenvalue weighted by Crippen LogP contribution is -2.41. The molecule has 0 aromatic carbocycles. The molecule has 0 radical (unpaired) electrons. The van der Waals surface area contributed by atoms with Crippen LogP contribution in [0.1, 0.15) is 19.3 Å². The fourth-order valence-corrected chi connectivity index (χ4v) is 2.54. The average Bonchev–Trinajstić information content (AvgIpc) is 2.61. The summed E-state index contributed by atoms with van der Waals surface area (Å²) in [6.07, 6.45) is 1.62. The van der Waals surface area contributed by atoms with E-state index in [-0.39, 0.29) is 12.0 Å². The number of carbonyl (C=O) groups excluding carboxylic acids is 1. The third-order valence-corrected chi connectivity index (χ3v) is 3.53. The highest BCUT2D eigenvalue weighted by Crippen LogP contribution is 2.23. The van der Waals surface area contributed by atoms with Crippen molar-refractivity contribution in [1.29, 1.82) is 0 Å². The molecule has 1 aliphatic carbocycles. The predicted octanol–water partition coefficient (Wildman–Crippen LogP) is -0.696. The normalized spacial score (nSPS) is 25.4. The molecule has 4 N–H and O–H groups in total. The number of hydrogen-bond acceptors (Lipinski definition) is 5. The first-order valence-corrected chi connectivity index (χ1v) is 6.52. The molecule has 2 atom stereocenters. The second-order valence-electron chi connectivity index (χ2n) is 3.88. The first-order chi connectivity index (χ1) is 7.43. The van der Waals surface area contributed by atoms with Gasteiger partial charge in [-0.3, -0.25) is 0 Å². The molecule has 0 heterocycles. The van der Waals surface area contributed by atoms with E-state index in [2.05, 4.69) is 9.46 Å². The molecule has 1 rings (SSSR count). The zero-order valence-corrected chi connectivity index (χ0v) is 9.92. The lowest BCUT2D eigenvalue weighted by molar-refractivity contribution is 0.177. The number of hydrogen-bond donors (Lipinski definition) is 3. The number of carbonyl (C=O) groups is 1. The number of nitrogens with one attached hydrogen (secondary N) is 2. The topological polar surface area (TPSA) is 111 Å². The van der Waals surface area contributed by atoms with Gasteiger partial charge in [-0.05, 0) is 25.2 Å². The van der Waals surface area contributed by atoms with Gasteiger partial charge in [-0.2, -0.15) is 13.1 Å². The Morgan fingerprint density at radius 2 is 2.19 bits per heavy atom. The second kappa shape index (κ2) is 5.46. The second-order valence-corrected chi connectivity index (χ2v) is 5.38. The minimum atomic E-state index is -3.81. The van der Waals surface area contributed by atoms with Crippen molar-refractivity contribution >= 4 is 16.3 Å². The van der Waals surface area contributed by atoms with Gasteiger partial charge in [0, 0.05) is 12.6 Å². The molecule has 0 aromatic rings. The highest BCUT2D eigenvalue weighted by molar-refractivity contribution is 7.88. The summed E-state index contributed by atoms with van der Waals surface area (Å²) in [5.41, 5.74) is 5.70. The van der Waals surface area contributed by atoms with Gasteiger partial charge in [0.25, 0.3) is 0 Å². The molecule has 0 saturated heterocycles. The molecule has 2 unspecified atom stereocenters. The summed E-state index contributed by atoms with van der Waals surface area (Å²) >= 11 is 0. The van der Waals surface area contributed by atoms with Gasteiger partial charge in [0.1, 0.15) is 0 Å². The summed E-state index contributed by atoms with van der Waals surface area (Å²) < 4.78 is 30.8. The summed E-state index contributed by atoms with van der Waals surface area (Å²) in [7, 11) is -2.72. The Kier molecular flexibility index (Phi) is 4.51. The molecule has 1 amide bonds. The first-order valence-electron chi connectivity index (χ1n) is 5.04. The van der Waals surface area contributed by atoms with Crippen LogP contribution in [0.5, 0.6) is 0 Å². The van der Waals surface area contributed by atoms with Crippen LogP contribution in [0.4, 0.5) is 4.79 Å². The Balaban J connectivity index is 2.33. The van der Waals surface area contributed by atoms with Crippen molar-refractivity contribution in [3.63, 3.8) is 0 Å². The average molecular weight is 251 g/mol. The zero-order chi connectivity index (χ0) is 12.2. The van der Waals surface area contributed by atoms with Crippen molar-refractivity contribution < 1.29 is 17.9 Å². The Morgan fingerprint density at radius 1 is 1.50 bits per heavy atom. The van der Waals surface area contributed by atoms with Crippen LogP contribution in [0.3, 0.4) is 0 Å². The van der Waals surface area contributed by atoms with Crippen molar-refractivity contribution in [2.45, 2.75) is 25.3 Å². The molecule has 0 aliphatic heterocycles. The number of nitrogens with two attached hydrogens (primary N) is 1. The highest BCUT2D eigenvalue weighted by atomic mass is 32.2. The molecule has 7 nitrogen and oxygen atoms in total. The van der Waals surface area contributed by atoms with Crippen LogP contribution < -0.4 is 15.2 Å². The number of rotatable bonds is 4. The van der Waals surface area contributed by atoms with Crippen molar-refractivity contribution in [1.82, 2.24) is 9.44 Å². The molecule has 0 aromatic heterocycles. The Labute approximate surface area is 94.9 Å². The molecule has 1 aliphatic rings. The van der Waals surface area contributed by atoms with Crippen LogP contribution in [-0.2, 0) is 14.9 Å². The SMILES string of the molecule is COC(=O)NS(=O)(=O)NCC1CCC(N)C1. The molecule has 8 heteroatoms. The lowest BCUT2D eigenvalue weighted by Gasteiger charge is -2.11. The predicted molar refractivity (Wildman–Crippen MR) is 57.8 cm³/mol. The fraction of sp³-hybridized carbons (Fsp3) is 0.875. The van der Waals surface area contributed by atoms with E-state index in [9.17, 15) is 13.2 Å². The van der Waals surface area contributed by atoms with Crippen LogP contribution in [0.2, 0.25) is 0 Å². The van der Waals surface area contributed by atoms with Crippen LogP contribution in [-0.4, -0.2) is 34.2 Å². The largest absolute Gasteiger partial charge is 0.452 e.